The molecule has 0 amide bonds. The van der Waals surface area contributed by atoms with Gasteiger partial charge in [-0.25, -0.2) is 9.56 Å². The number of rotatable bonds is 2. The van der Waals surface area contributed by atoms with Crippen LogP contribution in [0.1, 0.15) is 37.8 Å². The fourth-order valence-electron chi connectivity index (χ4n) is 4.71. The number of nitrogens with zero attached hydrogens (tertiary/aromatic N) is 3. The molecule has 3 aliphatic heterocycles. The molecule has 4 nitrogen and oxygen atoms in total. The number of fused-ring (bicyclic) bond motifs is 3. The predicted octanol–water partition coefficient (Wildman–Crippen LogP) is 3.44. The Balaban J connectivity index is 1.81. The van der Waals surface area contributed by atoms with E-state index in [1.807, 2.05) is 0 Å². The fraction of sp³-hybridized carbons (Fsp3) is 0.455. The third-order valence-corrected chi connectivity index (χ3v) is 5.98. The Labute approximate surface area is 154 Å². The summed E-state index contributed by atoms with van der Waals surface area (Å²) in [6, 6.07) is 8.69. The van der Waals surface area contributed by atoms with Gasteiger partial charge in [0.25, 0.3) is 0 Å². The summed E-state index contributed by atoms with van der Waals surface area (Å²) in [5.41, 5.74) is 7.25. The Morgan fingerprint density at radius 3 is 2.69 bits per heavy atom. The first-order valence-electron chi connectivity index (χ1n) is 10.0. The van der Waals surface area contributed by atoms with Crippen LogP contribution in [0.4, 0.5) is 5.69 Å². The van der Waals surface area contributed by atoms with Gasteiger partial charge in [-0.3, -0.25) is 0 Å². The molecule has 0 saturated heterocycles. The number of aromatic nitrogens is 1. The summed E-state index contributed by atoms with van der Waals surface area (Å²) in [6.45, 7) is 8.73. The average molecular weight is 348 g/mol. The summed E-state index contributed by atoms with van der Waals surface area (Å²) in [5.74, 6) is 0.894. The molecule has 0 radical (unpaired) electrons. The zero-order chi connectivity index (χ0) is 17.7. The van der Waals surface area contributed by atoms with Gasteiger partial charge in [0.2, 0.25) is 5.36 Å². The summed E-state index contributed by atoms with van der Waals surface area (Å²) < 4.78 is 8.83. The Kier molecular flexibility index (Phi) is 3.73. The van der Waals surface area contributed by atoms with E-state index in [1.54, 1.807) is 0 Å². The van der Waals surface area contributed by atoms with E-state index in [-0.39, 0.29) is 0 Å². The minimum absolute atomic E-state index is 0.894. The molecule has 0 fully saturated rings. The molecule has 0 aromatic heterocycles. The largest absolute Gasteiger partial charge is 0.452 e. The van der Waals surface area contributed by atoms with Crippen LogP contribution in [-0.4, -0.2) is 31.2 Å². The molecule has 0 unspecified atom stereocenters. The fourth-order valence-corrected chi connectivity index (χ4v) is 4.71. The highest BCUT2D eigenvalue weighted by atomic mass is 16.3. The first-order valence-corrected chi connectivity index (χ1v) is 10.0. The zero-order valence-corrected chi connectivity index (χ0v) is 15.7. The lowest BCUT2D eigenvalue weighted by Gasteiger charge is -2.37. The number of hydrogen-bond donors (Lipinski definition) is 0. The zero-order valence-electron chi connectivity index (χ0n) is 15.7. The molecule has 4 aliphatic rings. The van der Waals surface area contributed by atoms with Crippen LogP contribution in [0.5, 0.6) is 0 Å². The molecule has 0 bridgehead atoms. The highest BCUT2D eigenvalue weighted by Crippen LogP contribution is 2.40. The standard InChI is InChI=1S/C22H26N3O/c1-3-24(4-2)16-9-10-18-20(14-16)26-22-17-8-6-12-25-11-5-7-15(21(17)25)13-19(22)23-18/h9-10,13-14H,3-8,11-12H2,1-2H3/q+1. The minimum atomic E-state index is 0.894. The number of benzene rings is 2. The van der Waals surface area contributed by atoms with Crippen LogP contribution in [0.2, 0.25) is 0 Å². The average Bonchev–Trinajstić information content (AvgIpc) is 2.68. The third kappa shape index (κ3) is 2.35. The van der Waals surface area contributed by atoms with Gasteiger partial charge in [0, 0.05) is 30.4 Å². The second-order valence-electron chi connectivity index (χ2n) is 7.44. The second kappa shape index (κ2) is 6.11. The van der Waals surface area contributed by atoms with Crippen LogP contribution < -0.4 is 14.8 Å². The lowest BCUT2D eigenvalue weighted by molar-refractivity contribution is 0.584. The van der Waals surface area contributed by atoms with Crippen molar-refractivity contribution in [2.45, 2.75) is 39.5 Å². The molecule has 0 atom stereocenters. The first kappa shape index (κ1) is 15.9. The smallest absolute Gasteiger partial charge is 0.203 e. The quantitative estimate of drug-likeness (QED) is 0.525. The van der Waals surface area contributed by atoms with Crippen molar-refractivity contribution in [3.63, 3.8) is 0 Å². The lowest BCUT2D eigenvalue weighted by atomic mass is 9.91. The van der Waals surface area contributed by atoms with E-state index in [0.29, 0.717) is 0 Å². The molecule has 1 aromatic rings. The molecule has 0 saturated carbocycles. The van der Waals surface area contributed by atoms with Crippen molar-refractivity contribution in [2.24, 2.45) is 0 Å². The topological polar surface area (TPSA) is 32.3 Å². The van der Waals surface area contributed by atoms with Crippen molar-refractivity contribution in [3.8, 4) is 11.5 Å². The van der Waals surface area contributed by atoms with Crippen molar-refractivity contribution in [1.82, 2.24) is 9.56 Å². The van der Waals surface area contributed by atoms with Crippen molar-refractivity contribution >= 4 is 16.8 Å². The van der Waals surface area contributed by atoms with Gasteiger partial charge >= 0.3 is 0 Å². The minimum Gasteiger partial charge on any atom is -0.452 e. The van der Waals surface area contributed by atoms with Crippen LogP contribution in [-0.2, 0) is 12.8 Å². The normalized spacial score (nSPS) is 16.2. The second-order valence-corrected chi connectivity index (χ2v) is 7.44. The van der Waals surface area contributed by atoms with Gasteiger partial charge in [0.1, 0.15) is 24.3 Å². The summed E-state index contributed by atoms with van der Waals surface area (Å²) in [6.07, 6.45) is 4.71. The van der Waals surface area contributed by atoms with E-state index in [2.05, 4.69) is 47.6 Å². The van der Waals surface area contributed by atoms with Crippen LogP contribution in [0.15, 0.2) is 28.7 Å². The van der Waals surface area contributed by atoms with Crippen molar-refractivity contribution in [2.75, 3.05) is 31.1 Å². The number of anilines is 1. The molecule has 3 heterocycles. The first-order chi connectivity index (χ1) is 12.8. The lowest BCUT2D eigenvalue weighted by Crippen LogP contribution is -2.34. The van der Waals surface area contributed by atoms with Gasteiger partial charge in [-0.05, 0) is 57.2 Å². The molecule has 1 aromatic carbocycles. The summed E-state index contributed by atoms with van der Waals surface area (Å²) in [7, 11) is 0. The van der Waals surface area contributed by atoms with Crippen LogP contribution >= 0.6 is 0 Å². The molecular weight excluding hydrogens is 322 g/mol. The molecule has 26 heavy (non-hydrogen) atoms. The Hall–Kier alpha value is -2.36. The Morgan fingerprint density at radius 2 is 1.88 bits per heavy atom. The van der Waals surface area contributed by atoms with Gasteiger partial charge in [-0.15, -0.1) is 0 Å². The molecule has 134 valence electrons. The van der Waals surface area contributed by atoms with Gasteiger partial charge < -0.3 is 9.32 Å². The van der Waals surface area contributed by atoms with E-state index in [0.717, 1.165) is 48.5 Å². The van der Waals surface area contributed by atoms with E-state index in [9.17, 15) is 0 Å². The van der Waals surface area contributed by atoms with E-state index in [4.69, 9.17) is 9.40 Å². The van der Waals surface area contributed by atoms with E-state index < -0.39 is 0 Å². The van der Waals surface area contributed by atoms with Crippen LogP contribution in [0, 0.1) is 0 Å². The Morgan fingerprint density at radius 1 is 1.08 bits per heavy atom. The molecule has 0 N–H and O–H groups in total. The van der Waals surface area contributed by atoms with Gasteiger partial charge in [-0.1, -0.05) is 0 Å². The SMILES string of the molecule is CC[N+](CC)=c1ccc2nc3cc4c5c(c3oc-2c1)CCCN5CCC4. The molecule has 5 rings (SSSR count). The third-order valence-electron chi connectivity index (χ3n) is 5.98. The van der Waals surface area contributed by atoms with Gasteiger partial charge in [-0.2, -0.15) is 0 Å². The number of hydrogen-bond acceptors (Lipinski definition) is 3. The van der Waals surface area contributed by atoms with E-state index >= 15 is 0 Å². The van der Waals surface area contributed by atoms with Gasteiger partial charge in [0.05, 0.1) is 6.07 Å². The molecule has 1 aliphatic carbocycles. The highest BCUT2D eigenvalue weighted by molar-refractivity contribution is 5.87. The van der Waals surface area contributed by atoms with Crippen molar-refractivity contribution in [1.29, 1.82) is 0 Å². The van der Waals surface area contributed by atoms with Crippen LogP contribution in [0.3, 0.4) is 0 Å². The maximum Gasteiger partial charge on any atom is 0.203 e. The summed E-state index contributed by atoms with van der Waals surface area (Å²) in [5, 5.41) is 1.21. The Bertz CT molecular complexity index is 1030. The molecule has 4 heteroatoms. The van der Waals surface area contributed by atoms with Crippen molar-refractivity contribution < 1.29 is 4.42 Å². The van der Waals surface area contributed by atoms with E-state index in [1.165, 1.54) is 48.1 Å². The maximum absolute atomic E-state index is 6.48. The molecular formula is C22H26N3O+. The van der Waals surface area contributed by atoms with Gasteiger partial charge in [0.15, 0.2) is 11.3 Å². The highest BCUT2D eigenvalue weighted by Gasteiger charge is 2.27. The van der Waals surface area contributed by atoms with Crippen molar-refractivity contribution in [3.05, 3.63) is 40.7 Å². The summed E-state index contributed by atoms with van der Waals surface area (Å²) >= 11 is 0. The predicted molar refractivity (Wildman–Crippen MR) is 106 cm³/mol. The maximum atomic E-state index is 6.48. The summed E-state index contributed by atoms with van der Waals surface area (Å²) in [4.78, 5) is 7.52. The molecule has 0 spiro atoms. The number of aryl methyl sites for hydroxylation is 2. The van der Waals surface area contributed by atoms with Crippen LogP contribution in [0.25, 0.3) is 22.6 Å². The monoisotopic (exact) mass is 348 g/mol.